The zero-order valence-electron chi connectivity index (χ0n) is 8.88. The van der Waals surface area contributed by atoms with E-state index in [-0.39, 0.29) is 11.8 Å². The van der Waals surface area contributed by atoms with Gasteiger partial charge in [0, 0.05) is 20.6 Å². The lowest BCUT2D eigenvalue weighted by atomic mass is 10.1. The monoisotopic (exact) mass is 200 g/mol. The summed E-state index contributed by atoms with van der Waals surface area (Å²) in [4.78, 5) is 3.95. The first kappa shape index (κ1) is 12.8. The molecule has 0 saturated carbocycles. The van der Waals surface area contributed by atoms with Crippen molar-refractivity contribution in [2.75, 3.05) is 20.6 Å². The van der Waals surface area contributed by atoms with Crippen LogP contribution >= 0.6 is 0 Å². The Labute approximate surface area is 85.1 Å². The van der Waals surface area contributed by atoms with Crippen molar-refractivity contribution in [2.24, 2.45) is 10.7 Å². The van der Waals surface area contributed by atoms with Crippen molar-refractivity contribution in [3.8, 4) is 0 Å². The number of nitrogens with zero attached hydrogens (tertiary/aromatic N) is 1. The average Bonchev–Trinajstić information content (AvgIpc) is 2.17. The van der Waals surface area contributed by atoms with Crippen molar-refractivity contribution < 1.29 is 5.11 Å². The van der Waals surface area contributed by atoms with E-state index >= 15 is 0 Å². The predicted molar refractivity (Wildman–Crippen MR) is 59.4 cm³/mol. The first-order valence-corrected chi connectivity index (χ1v) is 4.63. The summed E-state index contributed by atoms with van der Waals surface area (Å²) in [6.45, 7) is 4.15. The van der Waals surface area contributed by atoms with Crippen LogP contribution in [0.25, 0.3) is 0 Å². The molecule has 0 aromatic rings. The van der Waals surface area contributed by atoms with E-state index in [1.165, 1.54) is 0 Å². The molecule has 82 valence electrons. The number of hydrogen-bond donors (Lipinski definition) is 4. The Morgan fingerprint density at radius 3 is 2.71 bits per heavy atom. The summed E-state index contributed by atoms with van der Waals surface area (Å²) in [6.07, 6.45) is 1.57. The second kappa shape index (κ2) is 7.20. The number of nitrogens with two attached hydrogens (primary N) is 1. The Morgan fingerprint density at radius 1 is 1.64 bits per heavy atom. The van der Waals surface area contributed by atoms with Crippen LogP contribution in [0, 0.1) is 0 Å². The zero-order valence-corrected chi connectivity index (χ0v) is 8.88. The summed E-state index contributed by atoms with van der Waals surface area (Å²) in [5.74, 6) is 0.796. The van der Waals surface area contributed by atoms with Gasteiger partial charge in [0.25, 0.3) is 0 Å². The quantitative estimate of drug-likeness (QED) is 0.217. The van der Waals surface area contributed by atoms with E-state index in [4.69, 9.17) is 10.8 Å². The van der Waals surface area contributed by atoms with Crippen LogP contribution in [0.15, 0.2) is 17.3 Å². The first-order valence-electron chi connectivity index (χ1n) is 4.63. The molecule has 0 bridgehead atoms. The highest BCUT2D eigenvalue weighted by Gasteiger charge is 2.04. The lowest BCUT2D eigenvalue weighted by Gasteiger charge is -2.11. The van der Waals surface area contributed by atoms with E-state index in [0.717, 1.165) is 18.9 Å². The number of aliphatic hydroxyl groups is 1. The van der Waals surface area contributed by atoms with Gasteiger partial charge in [0.15, 0.2) is 5.96 Å². The van der Waals surface area contributed by atoms with Gasteiger partial charge in [-0.3, -0.25) is 4.99 Å². The first-order chi connectivity index (χ1) is 6.61. The largest absolute Gasteiger partial charge is 0.511 e. The lowest BCUT2D eigenvalue weighted by molar-refractivity contribution is 0.359. The Bertz CT molecular complexity index is 203. The summed E-state index contributed by atoms with van der Waals surface area (Å²) in [5.41, 5.74) is 5.58. The van der Waals surface area contributed by atoms with Gasteiger partial charge in [0.2, 0.25) is 0 Å². The number of guanidine groups is 1. The van der Waals surface area contributed by atoms with Crippen LogP contribution in [0.2, 0.25) is 0 Å². The Kier molecular flexibility index (Phi) is 6.57. The van der Waals surface area contributed by atoms with Crippen LogP contribution in [0.3, 0.4) is 0 Å². The number of nitrogens with one attached hydrogen (secondary N) is 2. The number of rotatable bonds is 5. The molecule has 0 heterocycles. The third-order valence-electron chi connectivity index (χ3n) is 1.87. The molecule has 1 atom stereocenters. The van der Waals surface area contributed by atoms with Crippen LogP contribution in [-0.2, 0) is 0 Å². The molecule has 0 aromatic carbocycles. The Balaban J connectivity index is 3.51. The van der Waals surface area contributed by atoms with Crippen molar-refractivity contribution in [3.63, 3.8) is 0 Å². The maximum absolute atomic E-state index is 8.95. The molecular formula is C9H20N4O. The predicted octanol–water partition coefficient (Wildman–Crippen LogP) is -0.0396. The van der Waals surface area contributed by atoms with Crippen LogP contribution in [0.5, 0.6) is 0 Å². The molecule has 5 nitrogen and oxygen atoms in total. The summed E-state index contributed by atoms with van der Waals surface area (Å²) in [5, 5.41) is 14.9. The average molecular weight is 200 g/mol. The number of aliphatic hydroxyl groups excluding tert-OH is 1. The molecule has 0 rings (SSSR count). The minimum absolute atomic E-state index is 0.0444. The molecule has 0 aliphatic carbocycles. The zero-order chi connectivity index (χ0) is 11.0. The molecule has 5 heteroatoms. The fraction of sp³-hybridized carbons (Fsp3) is 0.667. The second-order valence-electron chi connectivity index (χ2n) is 2.99. The molecule has 0 fully saturated rings. The molecule has 14 heavy (non-hydrogen) atoms. The van der Waals surface area contributed by atoms with E-state index in [9.17, 15) is 0 Å². The number of hydrogen-bond acceptors (Lipinski definition) is 3. The van der Waals surface area contributed by atoms with Gasteiger partial charge in [-0.05, 0) is 12.8 Å². The van der Waals surface area contributed by atoms with E-state index in [0.29, 0.717) is 6.42 Å². The molecule has 0 amide bonds. The SMILES string of the molecule is C=C(O)C(N)CCCNC(=NC)NC. The van der Waals surface area contributed by atoms with E-state index in [1.54, 1.807) is 14.1 Å². The molecule has 0 saturated heterocycles. The number of aliphatic imine (C=N–C) groups is 1. The van der Waals surface area contributed by atoms with Gasteiger partial charge >= 0.3 is 0 Å². The van der Waals surface area contributed by atoms with Crippen molar-refractivity contribution in [1.29, 1.82) is 0 Å². The molecule has 0 aliphatic heterocycles. The van der Waals surface area contributed by atoms with E-state index < -0.39 is 0 Å². The minimum Gasteiger partial charge on any atom is -0.511 e. The van der Waals surface area contributed by atoms with Gasteiger partial charge in [-0.2, -0.15) is 0 Å². The highest BCUT2D eigenvalue weighted by Crippen LogP contribution is 1.99. The summed E-state index contributed by atoms with van der Waals surface area (Å²) >= 11 is 0. The second-order valence-corrected chi connectivity index (χ2v) is 2.99. The van der Waals surface area contributed by atoms with Crippen LogP contribution in [-0.4, -0.2) is 37.7 Å². The van der Waals surface area contributed by atoms with Gasteiger partial charge in [-0.15, -0.1) is 0 Å². The lowest BCUT2D eigenvalue weighted by Crippen LogP contribution is -2.35. The van der Waals surface area contributed by atoms with Crippen LogP contribution in [0.4, 0.5) is 0 Å². The van der Waals surface area contributed by atoms with Crippen LogP contribution in [0.1, 0.15) is 12.8 Å². The molecule has 0 aliphatic rings. The normalized spacial score (nSPS) is 13.5. The Morgan fingerprint density at radius 2 is 2.29 bits per heavy atom. The molecule has 0 spiro atoms. The van der Waals surface area contributed by atoms with Crippen molar-refractivity contribution in [1.82, 2.24) is 10.6 Å². The van der Waals surface area contributed by atoms with E-state index in [1.807, 2.05) is 0 Å². The van der Waals surface area contributed by atoms with Gasteiger partial charge in [0.1, 0.15) is 5.76 Å². The fourth-order valence-electron chi connectivity index (χ4n) is 0.975. The van der Waals surface area contributed by atoms with Gasteiger partial charge in [-0.25, -0.2) is 0 Å². The van der Waals surface area contributed by atoms with Crippen molar-refractivity contribution in [2.45, 2.75) is 18.9 Å². The third kappa shape index (κ3) is 5.42. The maximum Gasteiger partial charge on any atom is 0.190 e. The summed E-state index contributed by atoms with van der Waals surface area (Å²) < 4.78 is 0. The summed E-state index contributed by atoms with van der Waals surface area (Å²) in [6, 6.07) is -0.326. The highest BCUT2D eigenvalue weighted by atomic mass is 16.3. The Hall–Kier alpha value is -1.23. The molecular weight excluding hydrogens is 180 g/mol. The molecule has 0 radical (unpaired) electrons. The third-order valence-corrected chi connectivity index (χ3v) is 1.87. The minimum atomic E-state index is -0.326. The maximum atomic E-state index is 8.95. The van der Waals surface area contributed by atoms with E-state index in [2.05, 4.69) is 22.2 Å². The fourth-order valence-corrected chi connectivity index (χ4v) is 0.975. The highest BCUT2D eigenvalue weighted by molar-refractivity contribution is 5.79. The summed E-state index contributed by atoms with van der Waals surface area (Å²) in [7, 11) is 3.51. The smallest absolute Gasteiger partial charge is 0.190 e. The van der Waals surface area contributed by atoms with Crippen LogP contribution < -0.4 is 16.4 Å². The molecule has 0 aromatic heterocycles. The van der Waals surface area contributed by atoms with Gasteiger partial charge in [0.05, 0.1) is 6.04 Å². The topological polar surface area (TPSA) is 82.7 Å². The van der Waals surface area contributed by atoms with Gasteiger partial charge in [-0.1, -0.05) is 6.58 Å². The molecule has 1 unspecified atom stereocenters. The molecule has 5 N–H and O–H groups in total. The standard InChI is InChI=1S/C9H20N4O/c1-7(14)8(10)5-4-6-13-9(11-2)12-3/h8,14H,1,4-6,10H2,2-3H3,(H2,11,12,13). The van der Waals surface area contributed by atoms with Crippen molar-refractivity contribution in [3.05, 3.63) is 12.3 Å². The van der Waals surface area contributed by atoms with Gasteiger partial charge < -0.3 is 21.5 Å². The van der Waals surface area contributed by atoms with Crippen molar-refractivity contribution >= 4 is 5.96 Å².